The standard InChI is InChI=1S/C16H21N3O2S/c1-10(2)19-15(11-3-4-11)13(7-18-19)16(21)17-8-14(20)12-5-6-22-9-12/h5-7,9-11,14,20H,3-4,8H2,1-2H3,(H,17,21). The smallest absolute Gasteiger partial charge is 0.254 e. The zero-order valence-corrected chi connectivity index (χ0v) is 13.6. The lowest BCUT2D eigenvalue weighted by molar-refractivity contribution is 0.0915. The van der Waals surface area contributed by atoms with E-state index in [4.69, 9.17) is 0 Å². The van der Waals surface area contributed by atoms with Gasteiger partial charge >= 0.3 is 0 Å². The van der Waals surface area contributed by atoms with Crippen LogP contribution in [0.5, 0.6) is 0 Å². The fourth-order valence-corrected chi connectivity index (χ4v) is 3.30. The number of aliphatic hydroxyl groups is 1. The lowest BCUT2D eigenvalue weighted by Gasteiger charge is -2.13. The predicted octanol–water partition coefficient (Wildman–Crippen LogP) is 2.87. The molecule has 118 valence electrons. The van der Waals surface area contributed by atoms with Gasteiger partial charge in [0.2, 0.25) is 0 Å². The van der Waals surface area contributed by atoms with Gasteiger partial charge in [-0.15, -0.1) is 0 Å². The molecule has 1 fully saturated rings. The first-order valence-electron chi connectivity index (χ1n) is 7.63. The minimum atomic E-state index is -0.667. The number of rotatable bonds is 6. The van der Waals surface area contributed by atoms with Crippen LogP contribution in [0.15, 0.2) is 23.0 Å². The molecule has 5 nitrogen and oxygen atoms in total. The molecular weight excluding hydrogens is 298 g/mol. The Morgan fingerprint density at radius 3 is 2.91 bits per heavy atom. The summed E-state index contributed by atoms with van der Waals surface area (Å²) in [5, 5.41) is 21.1. The van der Waals surface area contributed by atoms with Crippen molar-refractivity contribution in [2.24, 2.45) is 0 Å². The Labute approximate surface area is 134 Å². The van der Waals surface area contributed by atoms with E-state index in [2.05, 4.69) is 24.3 Å². The van der Waals surface area contributed by atoms with Gasteiger partial charge in [-0.1, -0.05) is 0 Å². The fraction of sp³-hybridized carbons (Fsp3) is 0.500. The van der Waals surface area contributed by atoms with Gasteiger partial charge in [-0.25, -0.2) is 0 Å². The third kappa shape index (κ3) is 3.08. The monoisotopic (exact) mass is 319 g/mol. The van der Waals surface area contributed by atoms with Crippen molar-refractivity contribution >= 4 is 17.2 Å². The Morgan fingerprint density at radius 2 is 2.32 bits per heavy atom. The van der Waals surface area contributed by atoms with E-state index in [0.29, 0.717) is 11.5 Å². The molecule has 1 saturated carbocycles. The second kappa shape index (κ2) is 6.22. The molecule has 1 amide bonds. The summed E-state index contributed by atoms with van der Waals surface area (Å²) in [6.07, 6.45) is 3.23. The van der Waals surface area contributed by atoms with Crippen LogP contribution in [0.1, 0.15) is 66.4 Å². The van der Waals surface area contributed by atoms with Gasteiger partial charge in [0.05, 0.1) is 23.6 Å². The molecule has 3 rings (SSSR count). The second-order valence-corrected chi connectivity index (χ2v) is 6.82. The molecule has 1 unspecified atom stereocenters. The summed E-state index contributed by atoms with van der Waals surface area (Å²) in [4.78, 5) is 12.4. The number of nitrogens with one attached hydrogen (secondary N) is 1. The summed E-state index contributed by atoms with van der Waals surface area (Å²) in [6, 6.07) is 2.11. The number of nitrogens with zero attached hydrogens (tertiary/aromatic N) is 2. The first kappa shape index (κ1) is 15.2. The number of amides is 1. The molecule has 0 spiro atoms. The number of thiophene rings is 1. The maximum absolute atomic E-state index is 12.4. The largest absolute Gasteiger partial charge is 0.387 e. The Hall–Kier alpha value is -1.66. The van der Waals surface area contributed by atoms with Crippen LogP contribution < -0.4 is 5.32 Å². The third-order valence-corrected chi connectivity index (χ3v) is 4.62. The lowest BCUT2D eigenvalue weighted by atomic mass is 10.1. The molecular formula is C16H21N3O2S. The Morgan fingerprint density at radius 1 is 1.55 bits per heavy atom. The third-order valence-electron chi connectivity index (χ3n) is 3.92. The summed E-state index contributed by atoms with van der Waals surface area (Å²) in [7, 11) is 0. The van der Waals surface area contributed by atoms with E-state index >= 15 is 0 Å². The normalized spacial score (nSPS) is 16.0. The van der Waals surface area contributed by atoms with Crippen molar-refractivity contribution in [3.8, 4) is 0 Å². The van der Waals surface area contributed by atoms with Crippen LogP contribution in [0.3, 0.4) is 0 Å². The van der Waals surface area contributed by atoms with E-state index in [1.54, 1.807) is 6.20 Å². The van der Waals surface area contributed by atoms with Gasteiger partial charge in [0.15, 0.2) is 0 Å². The summed E-state index contributed by atoms with van der Waals surface area (Å²) < 4.78 is 1.95. The number of hydrogen-bond acceptors (Lipinski definition) is 4. The van der Waals surface area contributed by atoms with Crippen molar-refractivity contribution in [3.05, 3.63) is 39.8 Å². The summed E-state index contributed by atoms with van der Waals surface area (Å²) in [5.74, 6) is 0.301. The Kier molecular flexibility index (Phi) is 4.31. The van der Waals surface area contributed by atoms with Crippen LogP contribution in [0.2, 0.25) is 0 Å². The maximum Gasteiger partial charge on any atom is 0.254 e. The minimum Gasteiger partial charge on any atom is -0.387 e. The predicted molar refractivity (Wildman–Crippen MR) is 86.2 cm³/mol. The first-order chi connectivity index (χ1) is 10.6. The second-order valence-electron chi connectivity index (χ2n) is 6.04. The highest BCUT2D eigenvalue weighted by atomic mass is 32.1. The van der Waals surface area contributed by atoms with E-state index in [1.807, 2.05) is 21.5 Å². The van der Waals surface area contributed by atoms with Crippen LogP contribution in [0.25, 0.3) is 0 Å². The van der Waals surface area contributed by atoms with Crippen LogP contribution in [-0.4, -0.2) is 27.3 Å². The van der Waals surface area contributed by atoms with Gasteiger partial charge in [0.25, 0.3) is 5.91 Å². The lowest BCUT2D eigenvalue weighted by Crippen LogP contribution is -2.29. The number of aliphatic hydroxyl groups excluding tert-OH is 1. The highest BCUT2D eigenvalue weighted by Gasteiger charge is 2.33. The van der Waals surface area contributed by atoms with Crippen LogP contribution in [0, 0.1) is 0 Å². The van der Waals surface area contributed by atoms with Gasteiger partial charge in [0, 0.05) is 18.5 Å². The van der Waals surface area contributed by atoms with E-state index in [1.165, 1.54) is 11.3 Å². The SMILES string of the molecule is CC(C)n1ncc(C(=O)NCC(O)c2ccsc2)c1C1CC1. The van der Waals surface area contributed by atoms with Gasteiger partial charge in [-0.2, -0.15) is 16.4 Å². The topological polar surface area (TPSA) is 67.2 Å². The quantitative estimate of drug-likeness (QED) is 0.860. The molecule has 0 saturated heterocycles. The summed E-state index contributed by atoms with van der Waals surface area (Å²) >= 11 is 1.53. The molecule has 2 aromatic rings. The highest BCUT2D eigenvalue weighted by molar-refractivity contribution is 7.07. The molecule has 1 atom stereocenters. The molecule has 22 heavy (non-hydrogen) atoms. The molecule has 6 heteroatoms. The average Bonchev–Trinajstić information content (AvgIpc) is 3.03. The van der Waals surface area contributed by atoms with E-state index in [0.717, 1.165) is 24.1 Å². The molecule has 0 bridgehead atoms. The number of carbonyl (C=O) groups excluding carboxylic acids is 1. The van der Waals surface area contributed by atoms with Crippen molar-refractivity contribution in [3.63, 3.8) is 0 Å². The van der Waals surface area contributed by atoms with Gasteiger partial charge < -0.3 is 10.4 Å². The molecule has 2 aromatic heterocycles. The molecule has 2 N–H and O–H groups in total. The molecule has 0 aliphatic heterocycles. The Balaban J connectivity index is 1.70. The van der Waals surface area contributed by atoms with Crippen molar-refractivity contribution in [1.29, 1.82) is 0 Å². The van der Waals surface area contributed by atoms with Gasteiger partial charge in [0.1, 0.15) is 0 Å². The molecule has 0 radical (unpaired) electrons. The van der Waals surface area contributed by atoms with Crippen molar-refractivity contribution in [2.45, 2.75) is 44.8 Å². The molecule has 2 heterocycles. The first-order valence-corrected chi connectivity index (χ1v) is 8.58. The van der Waals surface area contributed by atoms with Crippen LogP contribution >= 0.6 is 11.3 Å². The number of hydrogen-bond donors (Lipinski definition) is 2. The summed E-state index contributed by atoms with van der Waals surface area (Å²) in [5.41, 5.74) is 2.52. The van der Waals surface area contributed by atoms with E-state index in [-0.39, 0.29) is 18.5 Å². The molecule has 0 aromatic carbocycles. The fourth-order valence-electron chi connectivity index (χ4n) is 2.59. The minimum absolute atomic E-state index is 0.150. The van der Waals surface area contributed by atoms with Crippen molar-refractivity contribution in [2.75, 3.05) is 6.54 Å². The van der Waals surface area contributed by atoms with Crippen molar-refractivity contribution < 1.29 is 9.90 Å². The molecule has 1 aliphatic carbocycles. The van der Waals surface area contributed by atoms with Crippen LogP contribution in [-0.2, 0) is 0 Å². The average molecular weight is 319 g/mol. The number of aromatic nitrogens is 2. The van der Waals surface area contributed by atoms with Gasteiger partial charge in [-0.3, -0.25) is 9.48 Å². The number of carbonyl (C=O) groups is 1. The zero-order chi connectivity index (χ0) is 15.7. The zero-order valence-electron chi connectivity index (χ0n) is 12.8. The molecule has 1 aliphatic rings. The van der Waals surface area contributed by atoms with E-state index in [9.17, 15) is 9.90 Å². The summed E-state index contributed by atoms with van der Waals surface area (Å²) in [6.45, 7) is 4.36. The maximum atomic E-state index is 12.4. The Bertz CT molecular complexity index is 644. The highest BCUT2D eigenvalue weighted by Crippen LogP contribution is 2.42. The van der Waals surface area contributed by atoms with Crippen LogP contribution in [0.4, 0.5) is 0 Å². The van der Waals surface area contributed by atoms with Crippen molar-refractivity contribution in [1.82, 2.24) is 15.1 Å². The van der Waals surface area contributed by atoms with E-state index < -0.39 is 6.10 Å². The van der Waals surface area contributed by atoms with Gasteiger partial charge in [-0.05, 0) is 49.1 Å².